The first kappa shape index (κ1) is 51.3. The number of aliphatic carboxylic acids is 1. The van der Waals surface area contributed by atoms with E-state index in [4.69, 9.17) is 14.2 Å². The quantitative estimate of drug-likeness (QED) is 0.0289. The average molecular weight is 761 g/mol. The number of unbranched alkanes of at least 4 members (excludes halogenated alkanes) is 16. The summed E-state index contributed by atoms with van der Waals surface area (Å²) in [4.78, 5) is 36.9. The first-order valence-corrected chi connectivity index (χ1v) is 21.7. The SMILES string of the molecule is CCCC/C=C\CCCCCCCC(=O)OCC(COCCC(C(=O)O)[N+](C)(C)C)OC(=O)CCCCCCCC/C=C\C/C=C\C/C=C\CCCCC. The lowest BCUT2D eigenvalue weighted by Crippen LogP contribution is -2.50. The minimum absolute atomic E-state index is 0.0522. The van der Waals surface area contributed by atoms with Crippen LogP contribution in [0.2, 0.25) is 0 Å². The van der Waals surface area contributed by atoms with E-state index in [1.807, 2.05) is 21.1 Å². The predicted octanol–water partition coefficient (Wildman–Crippen LogP) is 11.6. The molecule has 0 aliphatic heterocycles. The Balaban J connectivity index is 4.37. The molecule has 0 rings (SSSR count). The van der Waals surface area contributed by atoms with Crippen molar-refractivity contribution in [3.63, 3.8) is 0 Å². The van der Waals surface area contributed by atoms with E-state index in [2.05, 4.69) is 62.5 Å². The maximum absolute atomic E-state index is 12.7. The van der Waals surface area contributed by atoms with E-state index in [1.54, 1.807) is 0 Å². The summed E-state index contributed by atoms with van der Waals surface area (Å²) < 4.78 is 17.2. The summed E-state index contributed by atoms with van der Waals surface area (Å²) in [5, 5.41) is 9.61. The topological polar surface area (TPSA) is 99.1 Å². The Morgan fingerprint density at radius 1 is 0.556 bits per heavy atom. The standard InChI is InChI=1S/C46H81NO7/c1-6-8-10-12-14-16-18-19-20-21-22-23-24-25-27-29-31-33-35-37-45(49)54-42(40-52-39-38-43(46(50)51)47(3,4)5)41-53-44(48)36-34-32-30-28-26-17-15-13-11-9-7-2/h13-16,19-20,22-23,42-43H,6-12,17-18,21,24-41H2,1-5H3/p+1/b15-13-,16-14-,20-19-,23-22-. The van der Waals surface area contributed by atoms with Gasteiger partial charge in [0.25, 0.3) is 0 Å². The molecule has 0 aromatic rings. The number of nitrogens with zero attached hydrogens (tertiary/aromatic N) is 1. The normalized spacial score (nSPS) is 13.4. The van der Waals surface area contributed by atoms with Gasteiger partial charge in [-0.1, -0.05) is 133 Å². The van der Waals surface area contributed by atoms with Crippen LogP contribution in [0.15, 0.2) is 48.6 Å². The molecule has 54 heavy (non-hydrogen) atoms. The molecular formula is C46H82NO7+. The van der Waals surface area contributed by atoms with Crippen LogP contribution in [0.3, 0.4) is 0 Å². The van der Waals surface area contributed by atoms with Crippen molar-refractivity contribution in [2.24, 2.45) is 0 Å². The molecule has 0 heterocycles. The van der Waals surface area contributed by atoms with Gasteiger partial charge in [0.05, 0.1) is 34.4 Å². The fraction of sp³-hybridized carbons (Fsp3) is 0.761. The van der Waals surface area contributed by atoms with Crippen LogP contribution in [0, 0.1) is 0 Å². The molecule has 0 aliphatic rings. The number of carbonyl (C=O) groups is 3. The molecule has 2 unspecified atom stereocenters. The number of ether oxygens (including phenoxy) is 3. The highest BCUT2D eigenvalue weighted by molar-refractivity contribution is 5.72. The van der Waals surface area contributed by atoms with E-state index in [0.29, 0.717) is 19.3 Å². The second-order valence-electron chi connectivity index (χ2n) is 15.6. The van der Waals surface area contributed by atoms with Crippen molar-refractivity contribution < 1.29 is 38.2 Å². The monoisotopic (exact) mass is 761 g/mol. The lowest BCUT2D eigenvalue weighted by Gasteiger charge is -2.31. The van der Waals surface area contributed by atoms with Gasteiger partial charge in [-0.25, -0.2) is 4.79 Å². The first-order valence-electron chi connectivity index (χ1n) is 21.7. The third-order valence-electron chi connectivity index (χ3n) is 9.45. The van der Waals surface area contributed by atoms with Crippen molar-refractivity contribution in [3.05, 3.63) is 48.6 Å². The van der Waals surface area contributed by atoms with E-state index < -0.39 is 18.1 Å². The molecule has 0 saturated heterocycles. The van der Waals surface area contributed by atoms with Gasteiger partial charge >= 0.3 is 17.9 Å². The number of hydrogen-bond donors (Lipinski definition) is 1. The van der Waals surface area contributed by atoms with Crippen molar-refractivity contribution in [1.82, 2.24) is 0 Å². The summed E-state index contributed by atoms with van der Waals surface area (Å²) >= 11 is 0. The molecule has 2 atom stereocenters. The van der Waals surface area contributed by atoms with E-state index in [0.717, 1.165) is 77.0 Å². The van der Waals surface area contributed by atoms with Crippen LogP contribution in [0.25, 0.3) is 0 Å². The Hall–Kier alpha value is -2.71. The number of carboxylic acids is 1. The molecule has 8 nitrogen and oxygen atoms in total. The molecule has 0 saturated carbocycles. The molecule has 0 amide bonds. The number of esters is 2. The summed E-state index contributed by atoms with van der Waals surface area (Å²) in [5.74, 6) is -1.50. The summed E-state index contributed by atoms with van der Waals surface area (Å²) in [7, 11) is 5.51. The second-order valence-corrected chi connectivity index (χ2v) is 15.6. The third kappa shape index (κ3) is 35.0. The van der Waals surface area contributed by atoms with Crippen LogP contribution in [0.4, 0.5) is 0 Å². The largest absolute Gasteiger partial charge is 0.477 e. The number of carboxylic acid groups (broad SMARTS) is 1. The Labute approximate surface area is 331 Å². The second kappa shape index (κ2) is 37.2. The highest BCUT2D eigenvalue weighted by atomic mass is 16.6. The van der Waals surface area contributed by atoms with E-state index in [-0.39, 0.29) is 36.2 Å². The minimum Gasteiger partial charge on any atom is -0.477 e. The van der Waals surface area contributed by atoms with Crippen molar-refractivity contribution in [1.29, 1.82) is 0 Å². The number of rotatable bonds is 38. The van der Waals surface area contributed by atoms with E-state index in [9.17, 15) is 19.5 Å². The van der Waals surface area contributed by atoms with Gasteiger partial charge in [-0.2, -0.15) is 0 Å². The predicted molar refractivity (Wildman–Crippen MR) is 224 cm³/mol. The third-order valence-corrected chi connectivity index (χ3v) is 9.45. The van der Waals surface area contributed by atoms with Gasteiger partial charge in [0.1, 0.15) is 6.61 Å². The van der Waals surface area contributed by atoms with Crippen LogP contribution in [0.1, 0.15) is 174 Å². The Kier molecular flexibility index (Phi) is 35.4. The molecule has 1 N–H and O–H groups in total. The lowest BCUT2D eigenvalue weighted by molar-refractivity contribution is -0.887. The number of quaternary nitrogens is 1. The van der Waals surface area contributed by atoms with E-state index >= 15 is 0 Å². The lowest BCUT2D eigenvalue weighted by atomic mass is 10.1. The van der Waals surface area contributed by atoms with Gasteiger partial charge < -0.3 is 23.8 Å². The van der Waals surface area contributed by atoms with Crippen LogP contribution in [-0.2, 0) is 28.6 Å². The van der Waals surface area contributed by atoms with Crippen molar-refractivity contribution in [2.75, 3.05) is 41.0 Å². The average Bonchev–Trinajstić information content (AvgIpc) is 3.12. The molecule has 312 valence electrons. The molecule has 0 aromatic heterocycles. The summed E-state index contributed by atoms with van der Waals surface area (Å²) in [6.45, 7) is 4.64. The van der Waals surface area contributed by atoms with Crippen LogP contribution >= 0.6 is 0 Å². The molecule has 8 heteroatoms. The zero-order valence-electron chi connectivity index (χ0n) is 35.4. The zero-order valence-corrected chi connectivity index (χ0v) is 35.4. The minimum atomic E-state index is -0.880. The summed E-state index contributed by atoms with van der Waals surface area (Å²) in [6, 6.07) is -0.618. The summed E-state index contributed by atoms with van der Waals surface area (Å²) in [6.07, 6.45) is 42.9. The van der Waals surface area contributed by atoms with Crippen molar-refractivity contribution in [3.8, 4) is 0 Å². The highest BCUT2D eigenvalue weighted by Gasteiger charge is 2.31. The van der Waals surface area contributed by atoms with Crippen molar-refractivity contribution >= 4 is 17.9 Å². The van der Waals surface area contributed by atoms with Gasteiger partial charge in [-0.3, -0.25) is 9.59 Å². The summed E-state index contributed by atoms with van der Waals surface area (Å²) in [5.41, 5.74) is 0. The highest BCUT2D eigenvalue weighted by Crippen LogP contribution is 2.13. The van der Waals surface area contributed by atoms with Gasteiger partial charge in [-0.15, -0.1) is 0 Å². The molecule has 0 fully saturated rings. The van der Waals surface area contributed by atoms with Gasteiger partial charge in [0, 0.05) is 19.3 Å². The molecule has 0 spiro atoms. The van der Waals surface area contributed by atoms with Crippen LogP contribution in [0.5, 0.6) is 0 Å². The van der Waals surface area contributed by atoms with Gasteiger partial charge in [0.15, 0.2) is 12.1 Å². The molecule has 0 bridgehead atoms. The number of allylic oxidation sites excluding steroid dienone is 8. The zero-order chi connectivity index (χ0) is 40.0. The molecule has 0 radical (unpaired) electrons. The molecule has 0 aromatic carbocycles. The van der Waals surface area contributed by atoms with Crippen LogP contribution < -0.4 is 0 Å². The number of carbonyl (C=O) groups excluding carboxylic acids is 2. The van der Waals surface area contributed by atoms with Gasteiger partial charge in [0.2, 0.25) is 0 Å². The van der Waals surface area contributed by atoms with Crippen molar-refractivity contribution in [2.45, 2.75) is 187 Å². The fourth-order valence-corrected chi connectivity index (χ4v) is 6.02. The molecule has 0 aliphatic carbocycles. The maximum Gasteiger partial charge on any atom is 0.362 e. The van der Waals surface area contributed by atoms with Crippen LogP contribution in [-0.4, -0.2) is 80.6 Å². The number of likely N-dealkylation sites (N-methyl/N-ethyl adjacent to an activating group) is 1. The fourth-order valence-electron chi connectivity index (χ4n) is 6.02. The Bertz CT molecular complexity index is 1030. The molecular weight excluding hydrogens is 679 g/mol. The first-order chi connectivity index (χ1) is 26.1. The van der Waals surface area contributed by atoms with E-state index in [1.165, 1.54) is 64.2 Å². The Morgan fingerprint density at radius 2 is 1.00 bits per heavy atom. The number of hydrogen-bond acceptors (Lipinski definition) is 6. The van der Waals surface area contributed by atoms with Gasteiger partial charge in [-0.05, 0) is 70.6 Å². The smallest absolute Gasteiger partial charge is 0.362 e. The Morgan fingerprint density at radius 3 is 1.52 bits per heavy atom. The maximum atomic E-state index is 12.7.